The Kier molecular flexibility index (Phi) is 6.80. The van der Waals surface area contributed by atoms with E-state index < -0.39 is 17.8 Å². The Morgan fingerprint density at radius 2 is 1.93 bits per heavy atom. The SMILES string of the molecule is CCOc1[nH]c(/C=C2/C(=O)NN=C2OC(C)C)c(C(=O)OC)c1CC(=O)OC. The van der Waals surface area contributed by atoms with E-state index in [-0.39, 0.29) is 53.3 Å². The largest absolute Gasteiger partial charge is 0.479 e. The number of ether oxygens (including phenoxy) is 4. The summed E-state index contributed by atoms with van der Waals surface area (Å²) in [6.07, 6.45) is 0.970. The van der Waals surface area contributed by atoms with Gasteiger partial charge in [-0.3, -0.25) is 9.59 Å². The molecule has 0 saturated heterocycles. The van der Waals surface area contributed by atoms with Gasteiger partial charge in [0.25, 0.3) is 5.91 Å². The van der Waals surface area contributed by atoms with Gasteiger partial charge in [0, 0.05) is 5.56 Å². The molecule has 0 unspecified atom stereocenters. The van der Waals surface area contributed by atoms with E-state index in [9.17, 15) is 14.4 Å². The summed E-state index contributed by atoms with van der Waals surface area (Å²) in [4.78, 5) is 39.3. The molecular weight excluding hydrogens is 370 g/mol. The molecule has 10 nitrogen and oxygen atoms in total. The number of esters is 2. The Labute approximate surface area is 161 Å². The molecule has 2 N–H and O–H groups in total. The molecule has 1 aliphatic heterocycles. The van der Waals surface area contributed by atoms with Crippen LogP contribution in [0.3, 0.4) is 0 Å². The van der Waals surface area contributed by atoms with Crippen molar-refractivity contribution in [3.63, 3.8) is 0 Å². The van der Waals surface area contributed by atoms with Gasteiger partial charge < -0.3 is 23.9 Å². The number of carbonyl (C=O) groups excluding carboxylic acids is 3. The fourth-order valence-corrected chi connectivity index (χ4v) is 2.54. The molecule has 0 radical (unpaired) electrons. The molecule has 0 atom stereocenters. The number of hydrogen-bond donors (Lipinski definition) is 2. The predicted octanol–water partition coefficient (Wildman–Crippen LogP) is 1.17. The lowest BCUT2D eigenvalue weighted by Gasteiger charge is -2.08. The van der Waals surface area contributed by atoms with Crippen LogP contribution in [0.5, 0.6) is 5.88 Å². The molecule has 0 aromatic carbocycles. The van der Waals surface area contributed by atoms with Crippen LogP contribution in [0.1, 0.15) is 42.4 Å². The molecule has 0 saturated carbocycles. The van der Waals surface area contributed by atoms with Crippen LogP contribution in [-0.4, -0.2) is 55.7 Å². The monoisotopic (exact) mass is 393 g/mol. The van der Waals surface area contributed by atoms with Crippen LogP contribution in [0.15, 0.2) is 10.7 Å². The number of nitrogens with zero attached hydrogens (tertiary/aromatic N) is 1. The van der Waals surface area contributed by atoms with E-state index in [4.69, 9.17) is 18.9 Å². The number of rotatable bonds is 7. The van der Waals surface area contributed by atoms with Crippen LogP contribution >= 0.6 is 0 Å². The van der Waals surface area contributed by atoms with Gasteiger partial charge in [0.15, 0.2) is 5.88 Å². The van der Waals surface area contributed by atoms with E-state index in [0.717, 1.165) is 0 Å². The van der Waals surface area contributed by atoms with Crippen LogP contribution in [-0.2, 0) is 30.2 Å². The van der Waals surface area contributed by atoms with Crippen molar-refractivity contribution in [3.8, 4) is 5.88 Å². The van der Waals surface area contributed by atoms with Gasteiger partial charge in [-0.25, -0.2) is 10.2 Å². The minimum atomic E-state index is -0.699. The van der Waals surface area contributed by atoms with Gasteiger partial charge in [0.05, 0.1) is 44.6 Å². The molecule has 0 bridgehead atoms. The third kappa shape index (κ3) is 4.51. The predicted molar refractivity (Wildman–Crippen MR) is 98.8 cm³/mol. The summed E-state index contributed by atoms with van der Waals surface area (Å²) in [6, 6.07) is 0. The number of hydrogen-bond acceptors (Lipinski definition) is 8. The Morgan fingerprint density at radius 1 is 1.21 bits per heavy atom. The molecule has 1 aliphatic rings. The Morgan fingerprint density at radius 3 is 2.50 bits per heavy atom. The van der Waals surface area contributed by atoms with E-state index in [1.165, 1.54) is 20.3 Å². The van der Waals surface area contributed by atoms with E-state index >= 15 is 0 Å². The lowest BCUT2D eigenvalue weighted by atomic mass is 10.1. The number of methoxy groups -OCH3 is 2. The lowest BCUT2D eigenvalue weighted by Crippen LogP contribution is -2.17. The van der Waals surface area contributed by atoms with E-state index in [0.29, 0.717) is 0 Å². The van der Waals surface area contributed by atoms with Crippen LogP contribution in [0.2, 0.25) is 0 Å². The van der Waals surface area contributed by atoms with Crippen molar-refractivity contribution in [1.82, 2.24) is 10.4 Å². The number of nitrogens with one attached hydrogen (secondary N) is 2. The Hall–Kier alpha value is -3.30. The van der Waals surface area contributed by atoms with Gasteiger partial charge in [-0.1, -0.05) is 0 Å². The molecule has 1 aromatic rings. The van der Waals surface area contributed by atoms with Gasteiger partial charge in [-0.05, 0) is 26.8 Å². The molecule has 10 heteroatoms. The highest BCUT2D eigenvalue weighted by atomic mass is 16.5. The first-order valence-electron chi connectivity index (χ1n) is 8.61. The molecule has 2 rings (SSSR count). The first-order chi connectivity index (χ1) is 13.3. The van der Waals surface area contributed by atoms with Crippen molar-refractivity contribution in [2.45, 2.75) is 33.3 Å². The molecule has 1 aromatic heterocycles. The zero-order chi connectivity index (χ0) is 20.8. The van der Waals surface area contributed by atoms with Crippen LogP contribution in [0, 0.1) is 0 Å². The summed E-state index contributed by atoms with van der Waals surface area (Å²) in [7, 11) is 2.45. The number of amides is 1. The van der Waals surface area contributed by atoms with Gasteiger partial charge >= 0.3 is 11.9 Å². The van der Waals surface area contributed by atoms with E-state index in [1.807, 2.05) is 0 Å². The smallest absolute Gasteiger partial charge is 0.340 e. The van der Waals surface area contributed by atoms with Crippen LogP contribution in [0.4, 0.5) is 0 Å². The summed E-state index contributed by atoms with van der Waals surface area (Å²) < 4.78 is 20.6. The quantitative estimate of drug-likeness (QED) is 0.525. The number of carbonyl (C=O) groups is 3. The summed E-state index contributed by atoms with van der Waals surface area (Å²) in [5, 5.41) is 3.85. The highest BCUT2D eigenvalue weighted by Crippen LogP contribution is 2.30. The fourth-order valence-electron chi connectivity index (χ4n) is 2.54. The number of H-pyrrole nitrogens is 1. The summed E-state index contributed by atoms with van der Waals surface area (Å²) in [5.74, 6) is -1.45. The maximum Gasteiger partial charge on any atom is 0.340 e. The molecular formula is C18H23N3O7. The second-order valence-corrected chi connectivity index (χ2v) is 5.98. The van der Waals surface area contributed by atoms with Crippen molar-refractivity contribution >= 4 is 29.8 Å². The van der Waals surface area contributed by atoms with Crippen molar-refractivity contribution in [3.05, 3.63) is 22.4 Å². The first-order valence-corrected chi connectivity index (χ1v) is 8.61. The average Bonchev–Trinajstić information content (AvgIpc) is 3.16. The Balaban J connectivity index is 2.60. The van der Waals surface area contributed by atoms with Gasteiger partial charge in [0.2, 0.25) is 5.90 Å². The van der Waals surface area contributed by atoms with Crippen molar-refractivity contribution < 1.29 is 33.3 Å². The third-order valence-corrected chi connectivity index (χ3v) is 3.69. The minimum absolute atomic E-state index is 0.0625. The van der Waals surface area contributed by atoms with Crippen LogP contribution < -0.4 is 10.2 Å². The second kappa shape index (κ2) is 9.07. The molecule has 0 spiro atoms. The topological polar surface area (TPSA) is 128 Å². The van der Waals surface area contributed by atoms with Crippen molar-refractivity contribution in [2.75, 3.05) is 20.8 Å². The first kappa shape index (κ1) is 21.0. The number of aromatic amines is 1. The maximum absolute atomic E-state index is 12.4. The molecule has 0 fully saturated rings. The molecule has 2 heterocycles. The fraction of sp³-hybridized carbons (Fsp3) is 0.444. The normalized spacial score (nSPS) is 14.7. The van der Waals surface area contributed by atoms with Gasteiger partial charge in [0.1, 0.15) is 5.57 Å². The number of hydrazone groups is 1. The maximum atomic E-state index is 12.4. The molecule has 1 amide bonds. The molecule has 152 valence electrons. The van der Waals surface area contributed by atoms with Gasteiger partial charge in [-0.2, -0.15) is 0 Å². The third-order valence-electron chi connectivity index (χ3n) is 3.69. The van der Waals surface area contributed by atoms with E-state index in [2.05, 4.69) is 15.5 Å². The zero-order valence-corrected chi connectivity index (χ0v) is 16.4. The summed E-state index contributed by atoms with van der Waals surface area (Å²) in [5.41, 5.74) is 2.99. The minimum Gasteiger partial charge on any atom is -0.479 e. The van der Waals surface area contributed by atoms with Crippen LogP contribution in [0.25, 0.3) is 6.08 Å². The zero-order valence-electron chi connectivity index (χ0n) is 16.4. The number of aromatic nitrogens is 1. The standard InChI is InChI=1S/C18H23N3O7/c1-6-27-16-10(8-13(22)25-4)14(18(24)26-5)12(19-16)7-11-15(23)20-21-17(11)28-9(2)3/h7,9,19H,6,8H2,1-5H3,(H,20,23)/b11-7-. The second-order valence-electron chi connectivity index (χ2n) is 5.98. The highest BCUT2D eigenvalue weighted by molar-refractivity contribution is 6.25. The summed E-state index contributed by atoms with van der Waals surface area (Å²) in [6.45, 7) is 5.62. The van der Waals surface area contributed by atoms with E-state index in [1.54, 1.807) is 20.8 Å². The summed E-state index contributed by atoms with van der Waals surface area (Å²) >= 11 is 0. The average molecular weight is 393 g/mol. The molecule has 28 heavy (non-hydrogen) atoms. The highest BCUT2D eigenvalue weighted by Gasteiger charge is 2.30. The van der Waals surface area contributed by atoms with Gasteiger partial charge in [-0.15, -0.1) is 5.10 Å². The van der Waals surface area contributed by atoms with Crippen molar-refractivity contribution in [2.24, 2.45) is 5.10 Å². The van der Waals surface area contributed by atoms with Crippen molar-refractivity contribution in [1.29, 1.82) is 0 Å². The Bertz CT molecular complexity index is 836. The molecule has 0 aliphatic carbocycles. The lowest BCUT2D eigenvalue weighted by molar-refractivity contribution is -0.139.